The summed E-state index contributed by atoms with van der Waals surface area (Å²) < 4.78 is 0. The average Bonchev–Trinajstić information content (AvgIpc) is 2.35. The molecule has 1 saturated heterocycles. The van der Waals surface area contributed by atoms with E-state index in [0.29, 0.717) is 12.6 Å². The maximum Gasteiger partial charge on any atom is 0.237 e. The number of amides is 1. The highest BCUT2D eigenvalue weighted by Crippen LogP contribution is 2.12. The van der Waals surface area contributed by atoms with Gasteiger partial charge in [0.2, 0.25) is 5.91 Å². The van der Waals surface area contributed by atoms with E-state index < -0.39 is 0 Å². The lowest BCUT2D eigenvalue weighted by Crippen LogP contribution is -2.50. The number of halogens is 1. The van der Waals surface area contributed by atoms with Gasteiger partial charge in [-0.3, -0.25) is 9.69 Å². The Kier molecular flexibility index (Phi) is 8.21. The van der Waals surface area contributed by atoms with Crippen LogP contribution in [-0.4, -0.2) is 49.6 Å². The first-order chi connectivity index (χ1) is 7.69. The molecule has 100 valence electrons. The number of nitrogens with one attached hydrogen (secondary N) is 2. The molecule has 0 radical (unpaired) electrons. The zero-order chi connectivity index (χ0) is 12.0. The van der Waals surface area contributed by atoms with Crippen molar-refractivity contribution in [2.45, 2.75) is 31.8 Å². The first-order valence-corrected chi connectivity index (χ1v) is 5.99. The maximum atomic E-state index is 11.7. The van der Waals surface area contributed by atoms with Crippen LogP contribution in [0.4, 0.5) is 0 Å². The van der Waals surface area contributed by atoms with Crippen LogP contribution >= 0.6 is 12.4 Å². The summed E-state index contributed by atoms with van der Waals surface area (Å²) >= 11 is 0. The van der Waals surface area contributed by atoms with E-state index >= 15 is 0 Å². The predicted octanol–water partition coefficient (Wildman–Crippen LogP) is 0.783. The molecule has 1 rings (SSSR count). The number of nitrogens with zero attached hydrogens (tertiary/aromatic N) is 1. The molecule has 0 aromatic rings. The molecular formula is C12H24ClN3O. The average molecular weight is 262 g/mol. The number of carbonyl (C=O) groups is 1. The molecule has 5 heteroatoms. The molecule has 1 unspecified atom stereocenters. The SMILES string of the molecule is C=CCNC(=O)C(C)N1CCC(NC)CC1.Cl. The van der Waals surface area contributed by atoms with Crippen LogP contribution in [0.25, 0.3) is 0 Å². The summed E-state index contributed by atoms with van der Waals surface area (Å²) in [5, 5.41) is 6.13. The molecule has 0 aromatic heterocycles. The topological polar surface area (TPSA) is 44.4 Å². The van der Waals surface area contributed by atoms with Crippen LogP contribution in [0.15, 0.2) is 12.7 Å². The van der Waals surface area contributed by atoms with Crippen molar-refractivity contribution in [2.24, 2.45) is 0 Å². The fourth-order valence-corrected chi connectivity index (χ4v) is 2.06. The van der Waals surface area contributed by atoms with Gasteiger partial charge in [0.1, 0.15) is 0 Å². The quantitative estimate of drug-likeness (QED) is 0.719. The molecule has 1 fully saturated rings. The molecule has 1 atom stereocenters. The van der Waals surface area contributed by atoms with Crippen molar-refractivity contribution in [3.05, 3.63) is 12.7 Å². The van der Waals surface area contributed by atoms with E-state index in [0.717, 1.165) is 25.9 Å². The van der Waals surface area contributed by atoms with Crippen molar-refractivity contribution in [3.8, 4) is 0 Å². The number of likely N-dealkylation sites (tertiary alicyclic amines) is 1. The van der Waals surface area contributed by atoms with Crippen LogP contribution in [-0.2, 0) is 4.79 Å². The van der Waals surface area contributed by atoms with Crippen molar-refractivity contribution in [3.63, 3.8) is 0 Å². The molecule has 17 heavy (non-hydrogen) atoms. The van der Waals surface area contributed by atoms with Gasteiger partial charge < -0.3 is 10.6 Å². The fourth-order valence-electron chi connectivity index (χ4n) is 2.06. The van der Waals surface area contributed by atoms with E-state index in [2.05, 4.69) is 22.1 Å². The third-order valence-electron chi connectivity index (χ3n) is 3.29. The monoisotopic (exact) mass is 261 g/mol. The lowest BCUT2D eigenvalue weighted by atomic mass is 10.0. The van der Waals surface area contributed by atoms with Gasteiger partial charge in [-0.15, -0.1) is 19.0 Å². The second-order valence-corrected chi connectivity index (χ2v) is 4.31. The van der Waals surface area contributed by atoms with Gasteiger partial charge in [-0.05, 0) is 26.8 Å². The maximum absolute atomic E-state index is 11.7. The Balaban J connectivity index is 0.00000256. The summed E-state index contributed by atoms with van der Waals surface area (Å²) in [6, 6.07) is 0.581. The molecule has 1 aliphatic rings. The van der Waals surface area contributed by atoms with Crippen molar-refractivity contribution in [1.82, 2.24) is 15.5 Å². The van der Waals surface area contributed by atoms with Gasteiger partial charge in [-0.1, -0.05) is 6.08 Å². The Morgan fingerprint density at radius 2 is 2.12 bits per heavy atom. The van der Waals surface area contributed by atoms with Crippen molar-refractivity contribution in [2.75, 3.05) is 26.7 Å². The summed E-state index contributed by atoms with van der Waals surface area (Å²) in [6.45, 7) is 8.10. The highest BCUT2D eigenvalue weighted by molar-refractivity contribution is 5.85. The molecule has 0 aromatic carbocycles. The number of hydrogen-bond acceptors (Lipinski definition) is 3. The molecule has 0 spiro atoms. The van der Waals surface area contributed by atoms with Gasteiger partial charge in [0.15, 0.2) is 0 Å². The van der Waals surface area contributed by atoms with Gasteiger partial charge in [0.25, 0.3) is 0 Å². The van der Waals surface area contributed by atoms with Crippen LogP contribution in [0.3, 0.4) is 0 Å². The zero-order valence-electron chi connectivity index (χ0n) is 10.7. The Hall–Kier alpha value is -0.580. The van der Waals surface area contributed by atoms with E-state index in [1.807, 2.05) is 14.0 Å². The Bertz CT molecular complexity index is 240. The van der Waals surface area contributed by atoms with Crippen molar-refractivity contribution < 1.29 is 4.79 Å². The summed E-state index contributed by atoms with van der Waals surface area (Å²) in [7, 11) is 2.00. The molecule has 2 N–H and O–H groups in total. The van der Waals surface area contributed by atoms with Crippen LogP contribution in [0.5, 0.6) is 0 Å². The number of rotatable bonds is 5. The minimum Gasteiger partial charge on any atom is -0.351 e. The Labute approximate surface area is 110 Å². The smallest absolute Gasteiger partial charge is 0.237 e. The zero-order valence-corrected chi connectivity index (χ0v) is 11.6. The van der Waals surface area contributed by atoms with Gasteiger partial charge in [0, 0.05) is 25.7 Å². The van der Waals surface area contributed by atoms with E-state index in [4.69, 9.17) is 0 Å². The molecule has 1 amide bonds. The molecular weight excluding hydrogens is 238 g/mol. The van der Waals surface area contributed by atoms with Gasteiger partial charge in [-0.25, -0.2) is 0 Å². The second kappa shape index (κ2) is 8.50. The largest absolute Gasteiger partial charge is 0.351 e. The summed E-state index contributed by atoms with van der Waals surface area (Å²) in [5.41, 5.74) is 0. The molecule has 0 bridgehead atoms. The summed E-state index contributed by atoms with van der Waals surface area (Å²) in [5.74, 6) is 0.0998. The van der Waals surface area contributed by atoms with E-state index in [1.54, 1.807) is 6.08 Å². The van der Waals surface area contributed by atoms with Crippen LogP contribution in [0.2, 0.25) is 0 Å². The fraction of sp³-hybridized carbons (Fsp3) is 0.750. The van der Waals surface area contributed by atoms with E-state index in [9.17, 15) is 4.79 Å². The van der Waals surface area contributed by atoms with Crippen molar-refractivity contribution >= 4 is 18.3 Å². The van der Waals surface area contributed by atoms with Crippen LogP contribution in [0.1, 0.15) is 19.8 Å². The molecule has 4 nitrogen and oxygen atoms in total. The van der Waals surface area contributed by atoms with Gasteiger partial charge in [0.05, 0.1) is 6.04 Å². The summed E-state index contributed by atoms with van der Waals surface area (Å²) in [4.78, 5) is 14.0. The molecule has 0 aliphatic carbocycles. The number of carbonyl (C=O) groups excluding carboxylic acids is 1. The minimum absolute atomic E-state index is 0. The Morgan fingerprint density at radius 3 is 2.59 bits per heavy atom. The lowest BCUT2D eigenvalue weighted by Gasteiger charge is -2.35. The first kappa shape index (κ1) is 16.4. The highest BCUT2D eigenvalue weighted by Gasteiger charge is 2.25. The van der Waals surface area contributed by atoms with Gasteiger partial charge in [-0.2, -0.15) is 0 Å². The normalized spacial score (nSPS) is 19.2. The third-order valence-corrected chi connectivity index (χ3v) is 3.29. The molecule has 1 heterocycles. The van der Waals surface area contributed by atoms with Crippen molar-refractivity contribution in [1.29, 1.82) is 0 Å². The number of hydrogen-bond donors (Lipinski definition) is 2. The highest BCUT2D eigenvalue weighted by atomic mass is 35.5. The van der Waals surface area contributed by atoms with Crippen LogP contribution < -0.4 is 10.6 Å². The van der Waals surface area contributed by atoms with Crippen LogP contribution in [0, 0.1) is 0 Å². The summed E-state index contributed by atoms with van der Waals surface area (Å²) in [6.07, 6.45) is 3.95. The van der Waals surface area contributed by atoms with E-state index in [-0.39, 0.29) is 24.4 Å². The lowest BCUT2D eigenvalue weighted by molar-refractivity contribution is -0.126. The predicted molar refractivity (Wildman–Crippen MR) is 73.6 cm³/mol. The third kappa shape index (κ3) is 5.06. The second-order valence-electron chi connectivity index (χ2n) is 4.31. The van der Waals surface area contributed by atoms with E-state index in [1.165, 1.54) is 0 Å². The molecule has 0 saturated carbocycles. The Morgan fingerprint density at radius 1 is 1.53 bits per heavy atom. The minimum atomic E-state index is -0.0299. The first-order valence-electron chi connectivity index (χ1n) is 5.99. The van der Waals surface area contributed by atoms with Gasteiger partial charge >= 0.3 is 0 Å². The number of piperidine rings is 1. The molecule has 1 aliphatic heterocycles. The standard InChI is InChI=1S/C12H23N3O.ClH/c1-4-7-14-12(16)10(2)15-8-5-11(13-3)6-9-15;/h4,10-11,13H,1,5-9H2,2-3H3,(H,14,16);1H.